The summed E-state index contributed by atoms with van der Waals surface area (Å²) in [6, 6.07) is 7.53. The Labute approximate surface area is 146 Å². The Balaban J connectivity index is 1.48. The van der Waals surface area contributed by atoms with Crippen molar-refractivity contribution in [2.75, 3.05) is 13.7 Å². The van der Waals surface area contributed by atoms with E-state index in [1.807, 2.05) is 31.4 Å². The van der Waals surface area contributed by atoms with E-state index in [4.69, 9.17) is 4.74 Å². The van der Waals surface area contributed by atoms with Crippen LogP contribution in [0.1, 0.15) is 42.5 Å². The van der Waals surface area contributed by atoms with E-state index in [9.17, 15) is 4.79 Å². The minimum atomic E-state index is -0.140. The second-order valence-corrected chi connectivity index (χ2v) is 8.57. The minimum absolute atomic E-state index is 0.00253. The fourth-order valence-electron chi connectivity index (χ4n) is 5.60. The molecule has 1 amide bonds. The number of carbonyl (C=O) groups is 1. The molecule has 0 heterocycles. The van der Waals surface area contributed by atoms with Crippen molar-refractivity contribution in [1.82, 2.24) is 5.32 Å². The molecule has 3 nitrogen and oxygen atoms in total. The first-order valence-electron chi connectivity index (χ1n) is 8.69. The summed E-state index contributed by atoms with van der Waals surface area (Å²) in [5, 5.41) is 3.16. The lowest BCUT2D eigenvalue weighted by Gasteiger charge is -2.60. The lowest BCUT2D eigenvalue weighted by Crippen LogP contribution is -2.63. The van der Waals surface area contributed by atoms with E-state index >= 15 is 0 Å². The van der Waals surface area contributed by atoms with Crippen molar-refractivity contribution in [3.05, 3.63) is 34.3 Å². The van der Waals surface area contributed by atoms with Gasteiger partial charge < -0.3 is 10.1 Å². The van der Waals surface area contributed by atoms with Crippen LogP contribution in [0.2, 0.25) is 0 Å². The van der Waals surface area contributed by atoms with Crippen molar-refractivity contribution < 1.29 is 9.53 Å². The second-order valence-electron chi connectivity index (χ2n) is 7.65. The van der Waals surface area contributed by atoms with Crippen LogP contribution in [0.15, 0.2) is 28.7 Å². The highest BCUT2D eigenvalue weighted by Gasteiger charge is 2.57. The fraction of sp³-hybridized carbons (Fsp3) is 0.632. The Bertz CT molecular complexity index is 570. The summed E-state index contributed by atoms with van der Waals surface area (Å²) >= 11 is 3.41. The van der Waals surface area contributed by atoms with E-state index in [1.165, 1.54) is 32.1 Å². The maximum absolute atomic E-state index is 12.5. The van der Waals surface area contributed by atoms with E-state index in [2.05, 4.69) is 21.2 Å². The number of amides is 1. The quantitative estimate of drug-likeness (QED) is 0.860. The van der Waals surface area contributed by atoms with Gasteiger partial charge in [-0.2, -0.15) is 0 Å². The highest BCUT2D eigenvalue weighted by Crippen LogP contribution is 2.59. The first-order chi connectivity index (χ1) is 11.1. The summed E-state index contributed by atoms with van der Waals surface area (Å²) in [6.07, 6.45) is 6.58. The molecular weight excluding hydrogens is 354 g/mol. The number of methoxy groups -OCH3 is 1. The number of benzene rings is 1. The van der Waals surface area contributed by atoms with E-state index in [-0.39, 0.29) is 11.5 Å². The summed E-state index contributed by atoms with van der Waals surface area (Å²) in [6.45, 7) is 0.646. The molecule has 4 bridgehead atoms. The number of nitrogens with one attached hydrogen (secondary N) is 1. The van der Waals surface area contributed by atoms with E-state index in [0.717, 1.165) is 16.3 Å². The molecule has 0 spiro atoms. The van der Waals surface area contributed by atoms with Gasteiger partial charge in [-0.1, -0.05) is 15.9 Å². The van der Waals surface area contributed by atoms with Gasteiger partial charge in [-0.05, 0) is 80.0 Å². The Morgan fingerprint density at radius 1 is 1.13 bits per heavy atom. The summed E-state index contributed by atoms with van der Waals surface area (Å²) in [7, 11) is 1.84. The molecule has 4 saturated carbocycles. The predicted octanol–water partition coefficient (Wildman–Crippen LogP) is 4.02. The Kier molecular flexibility index (Phi) is 4.01. The van der Waals surface area contributed by atoms with Crippen molar-refractivity contribution in [3.8, 4) is 0 Å². The van der Waals surface area contributed by atoms with Crippen LogP contribution >= 0.6 is 15.9 Å². The molecule has 0 saturated heterocycles. The standard InChI is InChI=1S/C19H24BrNO2/c1-23-19(11-21-18(22)14-2-4-17(20)5-3-14)15-7-12-6-13(9-15)10-16(19)8-12/h2-5,12-13,15-16H,6-11H2,1H3,(H,21,22). The molecule has 0 atom stereocenters. The van der Waals surface area contributed by atoms with Crippen molar-refractivity contribution in [2.24, 2.45) is 23.7 Å². The zero-order valence-corrected chi connectivity index (χ0v) is 15.1. The average molecular weight is 378 g/mol. The van der Waals surface area contributed by atoms with Crippen LogP contribution in [0.5, 0.6) is 0 Å². The molecule has 0 unspecified atom stereocenters. The van der Waals surface area contributed by atoms with Gasteiger partial charge in [-0.3, -0.25) is 4.79 Å². The van der Waals surface area contributed by atoms with Crippen LogP contribution < -0.4 is 5.32 Å². The molecule has 0 radical (unpaired) electrons. The third-order valence-electron chi connectivity index (χ3n) is 6.53. The average Bonchev–Trinajstić information content (AvgIpc) is 2.55. The number of hydrogen-bond acceptors (Lipinski definition) is 2. The van der Waals surface area contributed by atoms with Crippen LogP contribution in [0.3, 0.4) is 0 Å². The van der Waals surface area contributed by atoms with Crippen LogP contribution in [-0.4, -0.2) is 25.2 Å². The first kappa shape index (κ1) is 15.6. The predicted molar refractivity (Wildman–Crippen MR) is 93.3 cm³/mol. The zero-order valence-electron chi connectivity index (χ0n) is 13.6. The number of carbonyl (C=O) groups excluding carboxylic acids is 1. The summed E-state index contributed by atoms with van der Waals surface area (Å²) in [5.41, 5.74) is 0.571. The Morgan fingerprint density at radius 2 is 1.70 bits per heavy atom. The van der Waals surface area contributed by atoms with Crippen molar-refractivity contribution in [3.63, 3.8) is 0 Å². The van der Waals surface area contributed by atoms with Gasteiger partial charge in [0.25, 0.3) is 5.91 Å². The fourth-order valence-corrected chi connectivity index (χ4v) is 5.86. The van der Waals surface area contributed by atoms with Gasteiger partial charge in [0.2, 0.25) is 0 Å². The van der Waals surface area contributed by atoms with E-state index in [1.54, 1.807) is 0 Å². The van der Waals surface area contributed by atoms with Crippen molar-refractivity contribution in [1.29, 1.82) is 0 Å². The molecule has 5 rings (SSSR count). The van der Waals surface area contributed by atoms with Crippen molar-refractivity contribution in [2.45, 2.75) is 37.7 Å². The molecule has 4 heteroatoms. The third kappa shape index (κ3) is 2.64. The SMILES string of the molecule is COC1(CNC(=O)c2ccc(Br)cc2)C2CC3CC(C2)CC1C3. The maximum atomic E-state index is 12.5. The Hall–Kier alpha value is -0.870. The molecule has 1 aromatic rings. The molecular formula is C19H24BrNO2. The lowest BCUT2D eigenvalue weighted by molar-refractivity contribution is -0.186. The van der Waals surface area contributed by atoms with Gasteiger partial charge in [0, 0.05) is 23.7 Å². The maximum Gasteiger partial charge on any atom is 0.251 e. The molecule has 4 aliphatic rings. The van der Waals surface area contributed by atoms with Crippen LogP contribution in [0.25, 0.3) is 0 Å². The third-order valence-corrected chi connectivity index (χ3v) is 7.06. The summed E-state index contributed by atoms with van der Waals surface area (Å²) < 4.78 is 7.09. The molecule has 4 fully saturated rings. The largest absolute Gasteiger partial charge is 0.376 e. The van der Waals surface area contributed by atoms with Gasteiger partial charge in [-0.15, -0.1) is 0 Å². The summed E-state index contributed by atoms with van der Waals surface area (Å²) in [5.74, 6) is 3.05. The van der Waals surface area contributed by atoms with Crippen molar-refractivity contribution >= 4 is 21.8 Å². The Morgan fingerprint density at radius 3 is 2.22 bits per heavy atom. The van der Waals surface area contributed by atoms with E-state index in [0.29, 0.717) is 23.9 Å². The van der Waals surface area contributed by atoms with Crippen LogP contribution in [0, 0.1) is 23.7 Å². The number of ether oxygens (including phenoxy) is 1. The number of rotatable bonds is 4. The molecule has 0 aliphatic heterocycles. The van der Waals surface area contributed by atoms with Gasteiger partial charge in [0.15, 0.2) is 0 Å². The molecule has 124 valence electrons. The highest BCUT2D eigenvalue weighted by atomic mass is 79.9. The van der Waals surface area contributed by atoms with Gasteiger partial charge in [0.1, 0.15) is 0 Å². The smallest absolute Gasteiger partial charge is 0.251 e. The number of hydrogen-bond donors (Lipinski definition) is 1. The van der Waals surface area contributed by atoms with E-state index < -0.39 is 0 Å². The first-order valence-corrected chi connectivity index (χ1v) is 9.49. The minimum Gasteiger partial charge on any atom is -0.376 e. The lowest BCUT2D eigenvalue weighted by atomic mass is 9.49. The molecule has 23 heavy (non-hydrogen) atoms. The van der Waals surface area contributed by atoms with Gasteiger partial charge >= 0.3 is 0 Å². The highest BCUT2D eigenvalue weighted by molar-refractivity contribution is 9.10. The molecule has 1 aromatic carbocycles. The topological polar surface area (TPSA) is 38.3 Å². The summed E-state index contributed by atoms with van der Waals surface area (Å²) in [4.78, 5) is 12.5. The number of halogens is 1. The molecule has 4 aliphatic carbocycles. The second kappa shape index (κ2) is 5.89. The molecule has 1 N–H and O–H groups in total. The zero-order chi connectivity index (χ0) is 16.0. The van der Waals surface area contributed by atoms with Crippen LogP contribution in [-0.2, 0) is 4.74 Å². The van der Waals surface area contributed by atoms with Gasteiger partial charge in [-0.25, -0.2) is 0 Å². The van der Waals surface area contributed by atoms with Crippen LogP contribution in [0.4, 0.5) is 0 Å². The van der Waals surface area contributed by atoms with Gasteiger partial charge in [0.05, 0.1) is 5.60 Å². The monoisotopic (exact) mass is 377 g/mol. The normalized spacial score (nSPS) is 37.8. The molecule has 0 aromatic heterocycles.